The van der Waals surface area contributed by atoms with Gasteiger partial charge in [0.05, 0.1) is 0 Å². The van der Waals surface area contributed by atoms with Crippen LogP contribution in [0.2, 0.25) is 0 Å². The predicted octanol–water partition coefficient (Wildman–Crippen LogP) is 3.86. The molecule has 2 N–H and O–H groups in total. The van der Waals surface area contributed by atoms with Crippen LogP contribution in [-0.4, -0.2) is 6.54 Å². The zero-order chi connectivity index (χ0) is 11.9. The van der Waals surface area contributed by atoms with Crippen molar-refractivity contribution in [1.82, 2.24) is 0 Å². The van der Waals surface area contributed by atoms with Crippen LogP contribution >= 0.6 is 15.9 Å². The Balaban J connectivity index is 1.95. The Bertz CT molecular complexity index is 411. The van der Waals surface area contributed by atoms with Gasteiger partial charge >= 0.3 is 0 Å². The van der Waals surface area contributed by atoms with Crippen LogP contribution in [0.4, 0.5) is 0 Å². The van der Waals surface area contributed by atoms with Crippen molar-refractivity contribution in [3.63, 3.8) is 0 Å². The van der Waals surface area contributed by atoms with Gasteiger partial charge in [-0.15, -0.1) is 0 Å². The monoisotopic (exact) mass is 293 g/mol. The highest BCUT2D eigenvalue weighted by molar-refractivity contribution is 9.10. The molecule has 0 saturated heterocycles. The molecule has 3 rings (SSSR count). The fourth-order valence-electron chi connectivity index (χ4n) is 3.95. The highest BCUT2D eigenvalue weighted by atomic mass is 79.9. The van der Waals surface area contributed by atoms with E-state index >= 15 is 0 Å². The number of benzene rings is 1. The van der Waals surface area contributed by atoms with Crippen molar-refractivity contribution in [3.05, 3.63) is 34.3 Å². The summed E-state index contributed by atoms with van der Waals surface area (Å²) in [5.74, 6) is 1.60. The number of rotatable bonds is 3. The summed E-state index contributed by atoms with van der Waals surface area (Å²) in [6, 6.07) is 8.90. The summed E-state index contributed by atoms with van der Waals surface area (Å²) in [6.07, 6.45) is 6.95. The predicted molar refractivity (Wildman–Crippen MR) is 74.9 cm³/mol. The fourth-order valence-corrected chi connectivity index (χ4v) is 4.35. The SMILES string of the molecule is NC[C@@H]1CC1(c1cccc(Br)c1)C1CCCC1. The van der Waals surface area contributed by atoms with Crippen molar-refractivity contribution >= 4 is 15.9 Å². The lowest BCUT2D eigenvalue weighted by Crippen LogP contribution is -2.23. The lowest BCUT2D eigenvalue weighted by Gasteiger charge is -2.25. The van der Waals surface area contributed by atoms with Gasteiger partial charge in [0.15, 0.2) is 0 Å². The van der Waals surface area contributed by atoms with Crippen molar-refractivity contribution in [2.75, 3.05) is 6.54 Å². The van der Waals surface area contributed by atoms with E-state index in [1.54, 1.807) is 0 Å². The third-order valence-corrected chi connectivity index (χ3v) is 5.38. The van der Waals surface area contributed by atoms with E-state index in [0.717, 1.165) is 18.4 Å². The molecule has 0 aliphatic heterocycles. The number of hydrogen-bond donors (Lipinski definition) is 1. The third kappa shape index (κ3) is 1.86. The Hall–Kier alpha value is -0.340. The summed E-state index contributed by atoms with van der Waals surface area (Å²) in [4.78, 5) is 0. The van der Waals surface area contributed by atoms with Gasteiger partial charge < -0.3 is 5.73 Å². The molecule has 0 heterocycles. The first kappa shape index (κ1) is 11.7. The van der Waals surface area contributed by atoms with E-state index in [0.29, 0.717) is 5.41 Å². The molecule has 1 nitrogen and oxygen atoms in total. The van der Waals surface area contributed by atoms with E-state index in [9.17, 15) is 0 Å². The maximum Gasteiger partial charge on any atom is 0.0178 e. The molecule has 1 aromatic carbocycles. The molecule has 0 bridgehead atoms. The molecule has 0 aromatic heterocycles. The molecule has 2 aliphatic rings. The van der Waals surface area contributed by atoms with Crippen LogP contribution in [0.25, 0.3) is 0 Å². The lowest BCUT2D eigenvalue weighted by molar-refractivity contribution is 0.386. The highest BCUT2D eigenvalue weighted by Crippen LogP contribution is 2.62. The quantitative estimate of drug-likeness (QED) is 0.900. The molecule has 2 aliphatic carbocycles. The van der Waals surface area contributed by atoms with Crippen LogP contribution in [0.3, 0.4) is 0 Å². The smallest absolute Gasteiger partial charge is 0.0178 e. The number of hydrogen-bond acceptors (Lipinski definition) is 1. The molecule has 0 spiro atoms. The van der Waals surface area contributed by atoms with E-state index < -0.39 is 0 Å². The lowest BCUT2D eigenvalue weighted by atomic mass is 9.79. The molecule has 2 fully saturated rings. The molecular weight excluding hydrogens is 274 g/mol. The molecule has 92 valence electrons. The van der Waals surface area contributed by atoms with Crippen molar-refractivity contribution in [1.29, 1.82) is 0 Å². The first-order valence-electron chi connectivity index (χ1n) is 6.73. The molecule has 0 amide bonds. The second kappa shape index (κ2) is 4.40. The first-order chi connectivity index (χ1) is 8.27. The minimum atomic E-state index is 0.426. The Kier molecular flexibility index (Phi) is 3.04. The molecule has 2 heteroatoms. The summed E-state index contributed by atoms with van der Waals surface area (Å²) in [5.41, 5.74) is 7.89. The summed E-state index contributed by atoms with van der Waals surface area (Å²) < 4.78 is 1.20. The van der Waals surface area contributed by atoms with Crippen LogP contribution in [0.15, 0.2) is 28.7 Å². The Morgan fingerprint density at radius 1 is 1.29 bits per heavy atom. The van der Waals surface area contributed by atoms with Crippen molar-refractivity contribution < 1.29 is 0 Å². The topological polar surface area (TPSA) is 26.0 Å². The summed E-state index contributed by atoms with van der Waals surface area (Å²) in [7, 11) is 0. The van der Waals surface area contributed by atoms with Crippen LogP contribution in [-0.2, 0) is 5.41 Å². The van der Waals surface area contributed by atoms with Crippen LogP contribution in [0, 0.1) is 11.8 Å². The van der Waals surface area contributed by atoms with Gasteiger partial charge in [0, 0.05) is 9.89 Å². The molecular formula is C15H20BrN. The normalized spacial score (nSPS) is 32.9. The molecule has 1 aromatic rings. The van der Waals surface area contributed by atoms with E-state index in [1.807, 2.05) is 0 Å². The average Bonchev–Trinajstić information content (AvgIpc) is 2.83. The standard InChI is InChI=1S/C15H20BrN/c16-14-7-3-6-12(8-14)15(9-13(15)10-17)11-4-1-2-5-11/h3,6-8,11,13H,1-2,4-5,9-10,17H2/t13-,15?/m0/s1. The Morgan fingerprint density at radius 3 is 2.65 bits per heavy atom. The van der Waals surface area contributed by atoms with E-state index in [1.165, 1.54) is 42.1 Å². The Labute approximate surface area is 112 Å². The minimum absolute atomic E-state index is 0.426. The highest BCUT2D eigenvalue weighted by Gasteiger charge is 2.58. The van der Waals surface area contributed by atoms with Crippen molar-refractivity contribution in [2.24, 2.45) is 17.6 Å². The molecule has 2 saturated carbocycles. The molecule has 0 radical (unpaired) electrons. The maximum atomic E-state index is 5.94. The van der Waals surface area contributed by atoms with Crippen LogP contribution < -0.4 is 5.73 Å². The van der Waals surface area contributed by atoms with Crippen molar-refractivity contribution in [2.45, 2.75) is 37.5 Å². The van der Waals surface area contributed by atoms with Gasteiger partial charge in [0.1, 0.15) is 0 Å². The molecule has 1 unspecified atom stereocenters. The van der Waals surface area contributed by atoms with E-state index in [2.05, 4.69) is 40.2 Å². The average molecular weight is 294 g/mol. The van der Waals surface area contributed by atoms with Gasteiger partial charge in [-0.2, -0.15) is 0 Å². The zero-order valence-corrected chi connectivity index (χ0v) is 11.7. The van der Waals surface area contributed by atoms with Crippen molar-refractivity contribution in [3.8, 4) is 0 Å². The zero-order valence-electron chi connectivity index (χ0n) is 10.2. The van der Waals surface area contributed by atoms with Gasteiger partial charge in [-0.3, -0.25) is 0 Å². The van der Waals surface area contributed by atoms with Gasteiger partial charge in [0.2, 0.25) is 0 Å². The molecule has 2 atom stereocenters. The van der Waals surface area contributed by atoms with Gasteiger partial charge in [-0.25, -0.2) is 0 Å². The Morgan fingerprint density at radius 2 is 2.06 bits per heavy atom. The van der Waals surface area contributed by atoms with Crippen LogP contribution in [0.5, 0.6) is 0 Å². The molecule has 17 heavy (non-hydrogen) atoms. The summed E-state index contributed by atoms with van der Waals surface area (Å²) in [5, 5.41) is 0. The van der Waals surface area contributed by atoms with Gasteiger partial charge in [-0.1, -0.05) is 40.9 Å². The second-order valence-corrected chi connectivity index (χ2v) is 6.58. The number of nitrogens with two attached hydrogens (primary N) is 1. The second-order valence-electron chi connectivity index (χ2n) is 5.67. The third-order valence-electron chi connectivity index (χ3n) is 4.88. The van der Waals surface area contributed by atoms with E-state index in [4.69, 9.17) is 5.73 Å². The summed E-state index contributed by atoms with van der Waals surface area (Å²) >= 11 is 3.60. The largest absolute Gasteiger partial charge is 0.330 e. The van der Waals surface area contributed by atoms with E-state index in [-0.39, 0.29) is 0 Å². The van der Waals surface area contributed by atoms with Gasteiger partial charge in [-0.05, 0) is 55.3 Å². The van der Waals surface area contributed by atoms with Crippen LogP contribution in [0.1, 0.15) is 37.7 Å². The minimum Gasteiger partial charge on any atom is -0.330 e. The summed E-state index contributed by atoms with van der Waals surface area (Å²) in [6.45, 7) is 0.850. The fraction of sp³-hybridized carbons (Fsp3) is 0.600. The first-order valence-corrected chi connectivity index (χ1v) is 7.53. The van der Waals surface area contributed by atoms with Gasteiger partial charge in [0.25, 0.3) is 0 Å². The number of halogens is 1. The maximum absolute atomic E-state index is 5.94.